The van der Waals surface area contributed by atoms with Crippen molar-refractivity contribution in [3.8, 4) is 11.3 Å². The quantitative estimate of drug-likeness (QED) is 0.352. The predicted octanol–water partition coefficient (Wildman–Crippen LogP) is 6.24. The van der Waals surface area contributed by atoms with Gasteiger partial charge in [0.05, 0.1) is 22.8 Å². The molecule has 1 N–H and O–H groups in total. The van der Waals surface area contributed by atoms with Crippen LogP contribution < -0.4 is 4.90 Å². The molecule has 0 unspecified atom stereocenters. The van der Waals surface area contributed by atoms with E-state index in [-0.39, 0.29) is 11.0 Å². The lowest BCUT2D eigenvalue weighted by Gasteiger charge is -2.46. The second kappa shape index (κ2) is 8.26. The van der Waals surface area contributed by atoms with Gasteiger partial charge in [0.15, 0.2) is 0 Å². The highest BCUT2D eigenvalue weighted by Gasteiger charge is 2.44. The van der Waals surface area contributed by atoms with Crippen molar-refractivity contribution in [2.75, 3.05) is 18.0 Å². The summed E-state index contributed by atoms with van der Waals surface area (Å²) in [7, 11) is 0. The standard InChI is InChI=1S/C30H28N4O3/c1-18-4-2-3-5-22(18)27-26(28(37-33-27)19-6-7-19)21-15-30(16-21)10-12-34(13-11-30)25-17-31-24-14-20(29(35)36)8-9-23(24)32-25/h2-5,8-9,14-15,17,19H,6-7,10-13,16H2,1H3,(H,35,36). The third kappa shape index (κ3) is 3.80. The fourth-order valence-corrected chi connectivity index (χ4v) is 5.93. The van der Waals surface area contributed by atoms with E-state index in [2.05, 4.69) is 52.3 Å². The summed E-state index contributed by atoms with van der Waals surface area (Å²) >= 11 is 0. The lowest BCUT2D eigenvalue weighted by Crippen LogP contribution is -2.42. The van der Waals surface area contributed by atoms with E-state index < -0.39 is 5.97 Å². The van der Waals surface area contributed by atoms with Gasteiger partial charge in [-0.2, -0.15) is 0 Å². The predicted molar refractivity (Wildman–Crippen MR) is 142 cm³/mol. The molecule has 0 amide bonds. The summed E-state index contributed by atoms with van der Waals surface area (Å²) in [5.41, 5.74) is 7.77. The number of piperidine rings is 1. The summed E-state index contributed by atoms with van der Waals surface area (Å²) in [6.45, 7) is 3.97. The number of carboxylic acid groups (broad SMARTS) is 1. The highest BCUT2D eigenvalue weighted by Crippen LogP contribution is 2.55. The molecule has 1 spiro atoms. The number of hydrogen-bond acceptors (Lipinski definition) is 6. The van der Waals surface area contributed by atoms with Crippen LogP contribution in [0.2, 0.25) is 0 Å². The maximum atomic E-state index is 11.2. The number of benzene rings is 2. The van der Waals surface area contributed by atoms with Crippen molar-refractivity contribution in [1.82, 2.24) is 15.1 Å². The van der Waals surface area contributed by atoms with Crippen LogP contribution in [-0.2, 0) is 0 Å². The van der Waals surface area contributed by atoms with Crippen molar-refractivity contribution in [3.05, 3.63) is 77.2 Å². The maximum absolute atomic E-state index is 11.2. The molecular weight excluding hydrogens is 464 g/mol. The number of rotatable bonds is 5. The first-order valence-corrected chi connectivity index (χ1v) is 13.0. The fraction of sp³-hybridized carbons (Fsp3) is 0.333. The molecule has 2 fully saturated rings. The van der Waals surface area contributed by atoms with Crippen LogP contribution in [0.4, 0.5) is 5.82 Å². The lowest BCUT2D eigenvalue weighted by molar-refractivity contribution is 0.0697. The van der Waals surface area contributed by atoms with E-state index in [4.69, 9.17) is 9.51 Å². The minimum Gasteiger partial charge on any atom is -0.478 e. The van der Waals surface area contributed by atoms with Crippen molar-refractivity contribution in [2.45, 2.75) is 44.9 Å². The lowest BCUT2D eigenvalue weighted by atomic mass is 9.63. The second-order valence-electron chi connectivity index (χ2n) is 10.8. The highest BCUT2D eigenvalue weighted by molar-refractivity contribution is 5.92. The summed E-state index contributed by atoms with van der Waals surface area (Å²) < 4.78 is 5.95. The Labute approximate surface area is 214 Å². The molecule has 1 saturated carbocycles. The zero-order valence-corrected chi connectivity index (χ0v) is 20.8. The number of aromatic carboxylic acids is 1. The van der Waals surface area contributed by atoms with Crippen molar-refractivity contribution in [2.24, 2.45) is 5.41 Å². The normalized spacial score (nSPS) is 18.6. The molecule has 2 aromatic heterocycles. The zero-order chi connectivity index (χ0) is 25.1. The number of allylic oxidation sites excluding steroid dienone is 2. The molecule has 7 heteroatoms. The molecule has 1 aliphatic heterocycles. The zero-order valence-electron chi connectivity index (χ0n) is 20.8. The first-order valence-electron chi connectivity index (χ1n) is 13.0. The summed E-state index contributed by atoms with van der Waals surface area (Å²) in [5, 5.41) is 13.8. The minimum absolute atomic E-state index is 0.216. The van der Waals surface area contributed by atoms with E-state index in [1.54, 1.807) is 24.4 Å². The number of nitrogens with zero attached hydrogens (tertiary/aromatic N) is 4. The van der Waals surface area contributed by atoms with Crippen LogP contribution in [-0.4, -0.2) is 39.3 Å². The van der Waals surface area contributed by atoms with E-state index >= 15 is 0 Å². The molecule has 3 aliphatic rings. The van der Waals surface area contributed by atoms with E-state index in [1.165, 1.54) is 29.5 Å². The molecule has 1 saturated heterocycles. The van der Waals surface area contributed by atoms with Crippen LogP contribution >= 0.6 is 0 Å². The van der Waals surface area contributed by atoms with Gasteiger partial charge < -0.3 is 14.5 Å². The van der Waals surface area contributed by atoms with Crippen molar-refractivity contribution < 1.29 is 14.4 Å². The van der Waals surface area contributed by atoms with Gasteiger partial charge in [0.2, 0.25) is 0 Å². The monoisotopic (exact) mass is 492 g/mol. The number of fused-ring (bicyclic) bond motifs is 1. The van der Waals surface area contributed by atoms with Crippen molar-refractivity contribution in [3.63, 3.8) is 0 Å². The fourth-order valence-electron chi connectivity index (χ4n) is 5.93. The SMILES string of the molecule is Cc1ccccc1-c1noc(C2CC2)c1C1=CC2(CCN(c3cnc4cc(C(=O)O)ccc4n3)CC2)C1. The molecule has 2 aromatic carbocycles. The molecule has 2 aliphatic carbocycles. The van der Waals surface area contributed by atoms with Gasteiger partial charge in [-0.1, -0.05) is 35.5 Å². The Morgan fingerprint density at radius 3 is 2.62 bits per heavy atom. The Bertz CT molecular complexity index is 1580. The molecule has 0 bridgehead atoms. The van der Waals surface area contributed by atoms with Crippen LogP contribution in [0.25, 0.3) is 27.9 Å². The first kappa shape index (κ1) is 22.2. The highest BCUT2D eigenvalue weighted by atomic mass is 16.5. The average molecular weight is 493 g/mol. The van der Waals surface area contributed by atoms with Crippen LogP contribution in [0, 0.1) is 12.3 Å². The minimum atomic E-state index is -0.955. The van der Waals surface area contributed by atoms with Gasteiger partial charge in [-0.3, -0.25) is 4.98 Å². The van der Waals surface area contributed by atoms with Crippen LogP contribution in [0.5, 0.6) is 0 Å². The molecule has 37 heavy (non-hydrogen) atoms. The second-order valence-corrected chi connectivity index (χ2v) is 10.8. The summed E-state index contributed by atoms with van der Waals surface area (Å²) in [6, 6.07) is 13.3. The summed E-state index contributed by atoms with van der Waals surface area (Å²) in [5.74, 6) is 1.49. The van der Waals surface area contributed by atoms with Crippen molar-refractivity contribution >= 4 is 28.4 Å². The van der Waals surface area contributed by atoms with Crippen LogP contribution in [0.3, 0.4) is 0 Å². The van der Waals surface area contributed by atoms with Gasteiger partial charge in [-0.05, 0) is 73.8 Å². The number of hydrogen-bond donors (Lipinski definition) is 1. The number of anilines is 1. The smallest absolute Gasteiger partial charge is 0.335 e. The molecule has 0 radical (unpaired) electrons. The van der Waals surface area contributed by atoms with Gasteiger partial charge in [-0.25, -0.2) is 9.78 Å². The van der Waals surface area contributed by atoms with Crippen LogP contribution in [0.15, 0.2) is 59.3 Å². The summed E-state index contributed by atoms with van der Waals surface area (Å²) in [4.78, 5) is 22.8. The largest absolute Gasteiger partial charge is 0.478 e. The number of carbonyl (C=O) groups is 1. The molecular formula is C30H28N4O3. The Morgan fingerprint density at radius 2 is 1.89 bits per heavy atom. The Balaban J connectivity index is 1.12. The molecule has 0 atom stereocenters. The van der Waals surface area contributed by atoms with Gasteiger partial charge in [-0.15, -0.1) is 0 Å². The Morgan fingerprint density at radius 1 is 1.11 bits per heavy atom. The number of carboxylic acids is 1. The van der Waals surface area contributed by atoms with Gasteiger partial charge in [0, 0.05) is 30.1 Å². The van der Waals surface area contributed by atoms with Crippen LogP contribution in [0.1, 0.15) is 65.3 Å². The third-order valence-corrected chi connectivity index (χ3v) is 8.27. The topological polar surface area (TPSA) is 92.4 Å². The van der Waals surface area contributed by atoms with Gasteiger partial charge in [0.25, 0.3) is 0 Å². The summed E-state index contributed by atoms with van der Waals surface area (Å²) in [6.07, 6.45) is 9.82. The van der Waals surface area contributed by atoms with Crippen molar-refractivity contribution in [1.29, 1.82) is 0 Å². The number of aromatic nitrogens is 3. The molecule has 3 heterocycles. The molecule has 186 valence electrons. The Kier molecular flexibility index (Phi) is 4.96. The van der Waals surface area contributed by atoms with E-state index in [9.17, 15) is 9.90 Å². The first-order chi connectivity index (χ1) is 18.0. The Hall–Kier alpha value is -4.00. The third-order valence-electron chi connectivity index (χ3n) is 8.27. The van der Waals surface area contributed by atoms with E-state index in [1.807, 2.05) is 0 Å². The van der Waals surface area contributed by atoms with Gasteiger partial charge in [0.1, 0.15) is 17.3 Å². The maximum Gasteiger partial charge on any atom is 0.335 e. The molecule has 4 aromatic rings. The van der Waals surface area contributed by atoms with E-state index in [0.717, 1.165) is 60.7 Å². The molecule has 7 nitrogen and oxygen atoms in total. The molecule has 7 rings (SSSR count). The average Bonchev–Trinajstić information content (AvgIpc) is 3.65. The number of aryl methyl sites for hydroxylation is 1. The van der Waals surface area contributed by atoms with Gasteiger partial charge >= 0.3 is 5.97 Å². The van der Waals surface area contributed by atoms with E-state index in [0.29, 0.717) is 11.4 Å².